The highest BCUT2D eigenvalue weighted by atomic mass is 35.5. The van der Waals surface area contributed by atoms with E-state index in [0.717, 1.165) is 4.90 Å². The van der Waals surface area contributed by atoms with Crippen LogP contribution in [0.5, 0.6) is 11.5 Å². The lowest BCUT2D eigenvalue weighted by Gasteiger charge is -2.26. The number of amidine groups is 1. The lowest BCUT2D eigenvalue weighted by atomic mass is 9.96. The Bertz CT molecular complexity index is 1820. The molecule has 1 aliphatic heterocycles. The number of aliphatic hydroxyl groups excluding tert-OH is 1. The van der Waals surface area contributed by atoms with Gasteiger partial charge in [0.05, 0.1) is 25.6 Å². The fraction of sp³-hybridized carbons (Fsp3) is 0.243. The molecule has 0 aliphatic carbocycles. The minimum Gasteiger partial charge on any atom is -0.496 e. The Morgan fingerprint density at radius 1 is 1.06 bits per heavy atom. The molecule has 12 heteroatoms. The van der Waals surface area contributed by atoms with Crippen LogP contribution in [-0.4, -0.2) is 53.8 Å². The maximum atomic E-state index is 15.4. The number of ether oxygens (including phenoxy) is 1. The maximum absolute atomic E-state index is 15.4. The van der Waals surface area contributed by atoms with Crippen LogP contribution in [0.2, 0.25) is 5.02 Å². The summed E-state index contributed by atoms with van der Waals surface area (Å²) in [5.41, 5.74) is 1.13. The van der Waals surface area contributed by atoms with Gasteiger partial charge in [-0.15, -0.1) is 0 Å². The van der Waals surface area contributed by atoms with Gasteiger partial charge < -0.3 is 25.3 Å². The number of oxime groups is 1. The molecule has 49 heavy (non-hydrogen) atoms. The number of aliphatic hydroxyl groups is 1. The zero-order valence-electron chi connectivity index (χ0n) is 26.9. The van der Waals surface area contributed by atoms with Crippen molar-refractivity contribution in [3.63, 3.8) is 0 Å². The number of rotatable bonds is 11. The molecule has 5 rings (SSSR count). The summed E-state index contributed by atoms with van der Waals surface area (Å²) in [7, 11) is 1.52. The molecule has 1 saturated heterocycles. The van der Waals surface area contributed by atoms with E-state index >= 15 is 4.39 Å². The van der Waals surface area contributed by atoms with E-state index in [9.17, 15) is 19.5 Å². The monoisotopic (exact) mass is 686 g/mol. The molecule has 3 atom stereocenters. The molecule has 1 unspecified atom stereocenters. The lowest BCUT2D eigenvalue weighted by Crippen LogP contribution is -2.48. The maximum Gasteiger partial charge on any atom is 0.325 e. The number of hydrogen-bond acceptors (Lipinski definition) is 7. The number of imide groups is 1. The van der Waals surface area contributed by atoms with Gasteiger partial charge in [-0.1, -0.05) is 84.3 Å². The van der Waals surface area contributed by atoms with Crippen molar-refractivity contribution in [1.82, 2.24) is 15.5 Å². The van der Waals surface area contributed by atoms with Crippen LogP contribution >= 0.6 is 11.6 Å². The van der Waals surface area contributed by atoms with E-state index in [-0.39, 0.29) is 36.5 Å². The second-order valence-corrected chi connectivity index (χ2v) is 11.9. The zero-order chi connectivity index (χ0) is 34.9. The molecule has 4 aromatic rings. The van der Waals surface area contributed by atoms with Crippen LogP contribution in [0.3, 0.4) is 0 Å². The van der Waals surface area contributed by atoms with E-state index in [0.29, 0.717) is 34.1 Å². The highest BCUT2D eigenvalue weighted by Crippen LogP contribution is 2.28. The summed E-state index contributed by atoms with van der Waals surface area (Å²) in [5, 5.41) is 21.3. The first kappa shape index (κ1) is 35.1. The largest absolute Gasteiger partial charge is 0.496 e. The van der Waals surface area contributed by atoms with Crippen LogP contribution in [0.25, 0.3) is 0 Å². The van der Waals surface area contributed by atoms with Gasteiger partial charge in [0.1, 0.15) is 17.7 Å². The van der Waals surface area contributed by atoms with Crippen LogP contribution in [0.4, 0.5) is 9.18 Å². The van der Waals surface area contributed by atoms with Gasteiger partial charge in [0.15, 0.2) is 17.4 Å². The van der Waals surface area contributed by atoms with Gasteiger partial charge in [-0.05, 0) is 60.4 Å². The number of urea groups is 1. The third-order valence-corrected chi connectivity index (χ3v) is 8.40. The van der Waals surface area contributed by atoms with Gasteiger partial charge in [0.2, 0.25) is 5.91 Å². The van der Waals surface area contributed by atoms with E-state index in [2.05, 4.69) is 15.8 Å². The van der Waals surface area contributed by atoms with Gasteiger partial charge in [0, 0.05) is 22.7 Å². The SMILES string of the molecule is CC[C@@H](NC(=O)N1CC(=NOc2ccccc2)NC[C@@H](Cc2cc(Cl)ccc2OC)C1=O)c1ccc(C(O)C(=O)c2ccccc2)c(F)c1. The zero-order valence-corrected chi connectivity index (χ0v) is 27.7. The summed E-state index contributed by atoms with van der Waals surface area (Å²) in [6, 6.07) is 24.7. The number of ketones is 1. The smallest absolute Gasteiger partial charge is 0.325 e. The van der Waals surface area contributed by atoms with Crippen LogP contribution in [0.1, 0.15) is 52.5 Å². The molecule has 1 aliphatic rings. The molecule has 1 heterocycles. The summed E-state index contributed by atoms with van der Waals surface area (Å²) in [6.45, 7) is 1.71. The molecule has 0 aromatic heterocycles. The second-order valence-electron chi connectivity index (χ2n) is 11.4. The van der Waals surface area contributed by atoms with Crippen LogP contribution in [0, 0.1) is 11.7 Å². The number of Topliss-reactive ketones (excluding diaryl/α,β-unsaturated/α-hetero) is 1. The Morgan fingerprint density at radius 3 is 2.45 bits per heavy atom. The van der Waals surface area contributed by atoms with Crippen LogP contribution < -0.4 is 20.2 Å². The van der Waals surface area contributed by atoms with Crippen molar-refractivity contribution in [2.45, 2.75) is 31.9 Å². The molecule has 4 aromatic carbocycles. The van der Waals surface area contributed by atoms with Crippen LogP contribution in [0.15, 0.2) is 102 Å². The van der Waals surface area contributed by atoms with Crippen molar-refractivity contribution in [2.24, 2.45) is 11.1 Å². The van der Waals surface area contributed by atoms with E-state index in [4.69, 9.17) is 21.2 Å². The number of carbonyl (C=O) groups is 3. The summed E-state index contributed by atoms with van der Waals surface area (Å²) >= 11 is 6.25. The molecule has 10 nitrogen and oxygen atoms in total. The number of halogens is 2. The van der Waals surface area contributed by atoms with Crippen molar-refractivity contribution in [2.75, 3.05) is 20.2 Å². The van der Waals surface area contributed by atoms with E-state index < -0.39 is 41.6 Å². The van der Waals surface area contributed by atoms with Gasteiger partial charge in [0.25, 0.3) is 0 Å². The third kappa shape index (κ3) is 8.62. The number of nitrogens with one attached hydrogen (secondary N) is 2. The predicted molar refractivity (Wildman–Crippen MR) is 183 cm³/mol. The fourth-order valence-electron chi connectivity index (χ4n) is 5.52. The molecule has 0 spiro atoms. The summed E-state index contributed by atoms with van der Waals surface area (Å²) in [4.78, 5) is 47.2. The molecule has 254 valence electrons. The van der Waals surface area contributed by atoms with Crippen LogP contribution in [-0.2, 0) is 11.2 Å². The molecular formula is C37H36ClFN4O6. The normalized spacial score (nSPS) is 16.7. The minimum atomic E-state index is -1.71. The predicted octanol–water partition coefficient (Wildman–Crippen LogP) is 6.25. The van der Waals surface area contributed by atoms with Crippen molar-refractivity contribution < 1.29 is 33.5 Å². The molecule has 0 radical (unpaired) electrons. The van der Waals surface area contributed by atoms with Crippen molar-refractivity contribution in [1.29, 1.82) is 0 Å². The molecule has 1 fully saturated rings. The first-order valence-electron chi connectivity index (χ1n) is 15.7. The molecule has 3 amide bonds. The summed E-state index contributed by atoms with van der Waals surface area (Å²) < 4.78 is 20.8. The average molecular weight is 687 g/mol. The Hall–Kier alpha value is -5.26. The van der Waals surface area contributed by atoms with Crippen molar-refractivity contribution in [3.05, 3.63) is 130 Å². The van der Waals surface area contributed by atoms with Gasteiger partial charge in [-0.2, -0.15) is 0 Å². The minimum absolute atomic E-state index is 0.142. The first-order chi connectivity index (χ1) is 23.7. The molecule has 0 saturated carbocycles. The van der Waals surface area contributed by atoms with E-state index in [1.807, 2.05) is 6.07 Å². The summed E-state index contributed by atoms with van der Waals surface area (Å²) in [6.07, 6.45) is -1.16. The van der Waals surface area contributed by atoms with Gasteiger partial charge >= 0.3 is 6.03 Å². The number of para-hydroxylation sites is 1. The van der Waals surface area contributed by atoms with E-state index in [1.165, 1.54) is 25.3 Å². The average Bonchev–Trinajstić information content (AvgIpc) is 3.28. The van der Waals surface area contributed by atoms with Crippen molar-refractivity contribution >= 4 is 35.2 Å². The van der Waals surface area contributed by atoms with Crippen molar-refractivity contribution in [3.8, 4) is 11.5 Å². The Kier molecular flexibility index (Phi) is 11.6. The number of benzene rings is 4. The lowest BCUT2D eigenvalue weighted by molar-refractivity contribution is -0.131. The number of nitrogens with zero attached hydrogens (tertiary/aromatic N) is 2. The Labute approximate surface area is 288 Å². The number of carbonyl (C=O) groups excluding carboxylic acids is 3. The topological polar surface area (TPSA) is 130 Å². The Morgan fingerprint density at radius 2 is 1.78 bits per heavy atom. The summed E-state index contributed by atoms with van der Waals surface area (Å²) in [5.74, 6) is -1.38. The Balaban J connectivity index is 1.38. The quantitative estimate of drug-likeness (QED) is 0.126. The standard InChI is InChI=1S/C37H36ClFN4O6/c1-3-31(24-14-16-29(30(39)20-24)35(45)34(44)23-10-6-4-7-11-23)41-37(47)43-22-33(42-49-28-12-8-5-9-13-28)40-21-26(36(43)46)18-25-19-27(38)15-17-32(25)48-2/h4-17,19-20,26,31,35,45H,3,18,21-22H2,1-2H3,(H,40,42)(H,41,47)/t26-,31-,35?/m1/s1. The third-order valence-electron chi connectivity index (χ3n) is 8.17. The molecule has 0 bridgehead atoms. The van der Waals surface area contributed by atoms with Gasteiger partial charge in [-0.3, -0.25) is 14.5 Å². The number of hydrogen-bond donors (Lipinski definition) is 3. The fourth-order valence-corrected chi connectivity index (χ4v) is 5.71. The second kappa shape index (κ2) is 16.2. The van der Waals surface area contributed by atoms with Gasteiger partial charge in [-0.25, -0.2) is 9.18 Å². The molecular weight excluding hydrogens is 651 g/mol. The highest BCUT2D eigenvalue weighted by molar-refractivity contribution is 6.30. The van der Waals surface area contributed by atoms with E-state index in [1.54, 1.807) is 79.7 Å². The molecule has 3 N–H and O–H groups in total. The highest BCUT2D eigenvalue weighted by Gasteiger charge is 2.35. The number of methoxy groups -OCH3 is 1. The number of amides is 3. The first-order valence-corrected chi connectivity index (χ1v) is 16.1.